The van der Waals surface area contributed by atoms with Gasteiger partial charge in [0.2, 0.25) is 11.1 Å². The van der Waals surface area contributed by atoms with E-state index < -0.39 is 0 Å². The van der Waals surface area contributed by atoms with Gasteiger partial charge in [0.15, 0.2) is 0 Å². The van der Waals surface area contributed by atoms with Crippen LogP contribution in [0, 0.1) is 26.7 Å². The summed E-state index contributed by atoms with van der Waals surface area (Å²) in [6.45, 7) is 10.0. The lowest BCUT2D eigenvalue weighted by Crippen LogP contribution is -2.38. The Morgan fingerprint density at radius 2 is 1.91 bits per heavy atom. The van der Waals surface area contributed by atoms with Crippen LogP contribution < -0.4 is 0 Å². The van der Waals surface area contributed by atoms with Crippen molar-refractivity contribution in [2.45, 2.75) is 45.7 Å². The molecule has 1 saturated heterocycles. The molecule has 0 aliphatic carbocycles. The Balaban J connectivity index is 1.68. The average molecular weight is 333 g/mol. The van der Waals surface area contributed by atoms with Crippen LogP contribution in [-0.2, 0) is 4.79 Å². The number of nitrogens with zero attached hydrogens (tertiary/aromatic N) is 5. The summed E-state index contributed by atoms with van der Waals surface area (Å²) >= 11 is 1.39. The molecule has 0 atom stereocenters. The van der Waals surface area contributed by atoms with Crippen molar-refractivity contribution in [1.82, 2.24) is 24.5 Å². The highest BCUT2D eigenvalue weighted by molar-refractivity contribution is 7.99. The molecule has 1 aliphatic rings. The molecule has 7 heteroatoms. The van der Waals surface area contributed by atoms with Crippen LogP contribution in [0.3, 0.4) is 0 Å². The van der Waals surface area contributed by atoms with E-state index in [0.717, 1.165) is 48.8 Å². The van der Waals surface area contributed by atoms with E-state index in [9.17, 15) is 4.79 Å². The molecule has 0 aromatic carbocycles. The molecule has 0 spiro atoms. The lowest BCUT2D eigenvalue weighted by molar-refractivity contribution is -0.129. The fourth-order valence-corrected chi connectivity index (χ4v) is 3.49. The lowest BCUT2D eigenvalue weighted by atomic mass is 9.99. The number of piperidine rings is 1. The maximum absolute atomic E-state index is 12.3. The highest BCUT2D eigenvalue weighted by Gasteiger charge is 2.21. The van der Waals surface area contributed by atoms with Crippen LogP contribution in [0.4, 0.5) is 0 Å². The average Bonchev–Trinajstić information content (AvgIpc) is 2.94. The van der Waals surface area contributed by atoms with Gasteiger partial charge < -0.3 is 4.90 Å². The molecule has 124 valence electrons. The number of aromatic nitrogens is 4. The number of fused-ring (bicyclic) bond motifs is 1. The molecule has 1 fully saturated rings. The van der Waals surface area contributed by atoms with Gasteiger partial charge in [0, 0.05) is 24.5 Å². The zero-order valence-corrected chi connectivity index (χ0v) is 15.0. The Morgan fingerprint density at radius 1 is 1.22 bits per heavy atom. The minimum Gasteiger partial charge on any atom is -0.342 e. The van der Waals surface area contributed by atoms with Crippen molar-refractivity contribution in [3.8, 4) is 0 Å². The van der Waals surface area contributed by atoms with Gasteiger partial charge in [-0.2, -0.15) is 4.98 Å². The van der Waals surface area contributed by atoms with Crippen LogP contribution >= 0.6 is 11.8 Å². The zero-order chi connectivity index (χ0) is 16.6. The molecule has 3 heterocycles. The second-order valence-electron chi connectivity index (χ2n) is 6.37. The Kier molecular flexibility index (Phi) is 4.57. The number of carbonyl (C=O) groups is 1. The normalized spacial score (nSPS) is 16.3. The van der Waals surface area contributed by atoms with Crippen LogP contribution in [0.15, 0.2) is 5.16 Å². The molecule has 0 unspecified atom stereocenters. The molecule has 0 saturated carbocycles. The Bertz CT molecular complexity index is 734. The Labute approximate surface area is 140 Å². The van der Waals surface area contributed by atoms with E-state index in [1.807, 2.05) is 25.7 Å². The third-order valence-electron chi connectivity index (χ3n) is 4.70. The van der Waals surface area contributed by atoms with Crippen LogP contribution in [0.2, 0.25) is 0 Å². The second kappa shape index (κ2) is 6.47. The number of likely N-dealkylation sites (tertiary alicyclic amines) is 1. The first-order valence-corrected chi connectivity index (χ1v) is 9.05. The van der Waals surface area contributed by atoms with Crippen LogP contribution in [0.25, 0.3) is 5.78 Å². The van der Waals surface area contributed by atoms with Crippen molar-refractivity contribution in [3.05, 3.63) is 17.0 Å². The third kappa shape index (κ3) is 3.34. The summed E-state index contributed by atoms with van der Waals surface area (Å²) in [7, 11) is 0. The van der Waals surface area contributed by atoms with Gasteiger partial charge in [0.25, 0.3) is 5.78 Å². The summed E-state index contributed by atoms with van der Waals surface area (Å²) in [5, 5.41) is 5.09. The number of hydrogen-bond acceptors (Lipinski definition) is 5. The number of amides is 1. The van der Waals surface area contributed by atoms with Gasteiger partial charge in [-0.05, 0) is 45.1 Å². The largest absolute Gasteiger partial charge is 0.342 e. The van der Waals surface area contributed by atoms with Gasteiger partial charge in [0.05, 0.1) is 5.75 Å². The van der Waals surface area contributed by atoms with E-state index in [2.05, 4.69) is 22.0 Å². The van der Waals surface area contributed by atoms with E-state index >= 15 is 0 Å². The molecule has 0 bridgehead atoms. The van der Waals surface area contributed by atoms with Gasteiger partial charge in [-0.25, -0.2) is 9.50 Å². The second-order valence-corrected chi connectivity index (χ2v) is 7.31. The number of carbonyl (C=O) groups excluding carboxylic acids is 1. The fraction of sp³-hybridized carbons (Fsp3) is 0.625. The van der Waals surface area contributed by atoms with E-state index in [1.54, 1.807) is 4.52 Å². The van der Waals surface area contributed by atoms with Gasteiger partial charge in [0.1, 0.15) is 0 Å². The van der Waals surface area contributed by atoms with Gasteiger partial charge >= 0.3 is 0 Å². The topological polar surface area (TPSA) is 63.4 Å². The molecule has 6 nitrogen and oxygen atoms in total. The van der Waals surface area contributed by atoms with E-state index in [1.165, 1.54) is 11.8 Å². The van der Waals surface area contributed by atoms with Crippen molar-refractivity contribution in [2.75, 3.05) is 18.8 Å². The number of hydrogen-bond donors (Lipinski definition) is 0. The van der Waals surface area contributed by atoms with Crippen LogP contribution in [0.5, 0.6) is 0 Å². The smallest absolute Gasteiger partial charge is 0.253 e. The SMILES string of the molecule is Cc1nc2nc(SCC(=O)N3CCC(C)CC3)nn2c(C)c1C. The molecule has 3 rings (SSSR count). The minimum atomic E-state index is 0.179. The first-order valence-electron chi connectivity index (χ1n) is 8.07. The summed E-state index contributed by atoms with van der Waals surface area (Å²) in [6.07, 6.45) is 2.20. The van der Waals surface area contributed by atoms with Gasteiger partial charge in [-0.1, -0.05) is 18.7 Å². The standard InChI is InChI=1S/C16H23N5OS/c1-10-5-7-20(8-6-10)14(22)9-23-16-18-15-17-12(3)11(2)13(4)21(15)19-16/h10H,5-9H2,1-4H3. The minimum absolute atomic E-state index is 0.179. The Hall–Kier alpha value is -1.63. The van der Waals surface area contributed by atoms with E-state index in [-0.39, 0.29) is 5.91 Å². The first kappa shape index (κ1) is 16.2. The van der Waals surface area contributed by atoms with E-state index in [0.29, 0.717) is 16.7 Å². The quantitative estimate of drug-likeness (QED) is 0.807. The molecule has 23 heavy (non-hydrogen) atoms. The first-order chi connectivity index (χ1) is 11.0. The predicted octanol–water partition coefficient (Wildman–Crippen LogP) is 2.40. The summed E-state index contributed by atoms with van der Waals surface area (Å²) in [4.78, 5) is 23.2. The fourth-order valence-electron chi connectivity index (χ4n) is 2.77. The maximum Gasteiger partial charge on any atom is 0.253 e. The van der Waals surface area contributed by atoms with E-state index in [4.69, 9.17) is 0 Å². The zero-order valence-electron chi connectivity index (χ0n) is 14.2. The molecule has 2 aromatic heterocycles. The predicted molar refractivity (Wildman–Crippen MR) is 90.7 cm³/mol. The Morgan fingerprint density at radius 3 is 2.61 bits per heavy atom. The molecule has 1 amide bonds. The van der Waals surface area contributed by atoms with Crippen molar-refractivity contribution in [3.63, 3.8) is 0 Å². The molecule has 2 aromatic rings. The summed E-state index contributed by atoms with van der Waals surface area (Å²) < 4.78 is 1.76. The summed E-state index contributed by atoms with van der Waals surface area (Å²) in [5.74, 6) is 1.90. The highest BCUT2D eigenvalue weighted by atomic mass is 32.2. The molecule has 0 radical (unpaired) electrons. The maximum atomic E-state index is 12.3. The highest BCUT2D eigenvalue weighted by Crippen LogP contribution is 2.20. The molecular formula is C16H23N5OS. The van der Waals surface area contributed by atoms with Crippen molar-refractivity contribution in [2.24, 2.45) is 5.92 Å². The monoisotopic (exact) mass is 333 g/mol. The van der Waals surface area contributed by atoms with Gasteiger partial charge in [-0.15, -0.1) is 5.10 Å². The molecular weight excluding hydrogens is 310 g/mol. The van der Waals surface area contributed by atoms with Crippen LogP contribution in [-0.4, -0.2) is 49.2 Å². The number of aryl methyl sites for hydroxylation is 2. The third-order valence-corrected chi connectivity index (χ3v) is 5.52. The number of thioether (sulfide) groups is 1. The lowest BCUT2D eigenvalue weighted by Gasteiger charge is -2.30. The summed E-state index contributed by atoms with van der Waals surface area (Å²) in [5.41, 5.74) is 3.14. The molecule has 0 N–H and O–H groups in total. The van der Waals surface area contributed by atoms with Crippen molar-refractivity contribution in [1.29, 1.82) is 0 Å². The summed E-state index contributed by atoms with van der Waals surface area (Å²) in [6, 6.07) is 0. The molecule has 1 aliphatic heterocycles. The number of rotatable bonds is 3. The van der Waals surface area contributed by atoms with Crippen molar-refractivity contribution < 1.29 is 4.79 Å². The van der Waals surface area contributed by atoms with Crippen LogP contribution in [0.1, 0.15) is 36.7 Å². The van der Waals surface area contributed by atoms with Crippen molar-refractivity contribution >= 4 is 23.4 Å². The van der Waals surface area contributed by atoms with Gasteiger partial charge in [-0.3, -0.25) is 4.79 Å².